The first-order valence-corrected chi connectivity index (χ1v) is 11.9. The van der Waals surface area contributed by atoms with Crippen molar-refractivity contribution in [3.8, 4) is 23.7 Å². The Morgan fingerprint density at radius 2 is 1.37 bits per heavy atom. The Hall–Kier alpha value is -2.44. The van der Waals surface area contributed by atoms with Gasteiger partial charge in [0.2, 0.25) is 0 Å². The summed E-state index contributed by atoms with van der Waals surface area (Å²) < 4.78 is 0. The molecule has 0 aliphatic heterocycles. The van der Waals surface area contributed by atoms with Gasteiger partial charge in [-0.2, -0.15) is 0 Å². The lowest BCUT2D eigenvalue weighted by molar-refractivity contribution is 0.331. The summed E-state index contributed by atoms with van der Waals surface area (Å²) in [6.07, 6.45) is 12.2. The fourth-order valence-electron chi connectivity index (χ4n) is 4.30. The molecular formula is C30H36. The molecule has 30 heavy (non-hydrogen) atoms. The van der Waals surface area contributed by atoms with Crippen molar-refractivity contribution in [3.63, 3.8) is 0 Å². The molecule has 2 aromatic carbocycles. The maximum atomic E-state index is 3.42. The number of benzene rings is 2. The first-order valence-electron chi connectivity index (χ1n) is 11.9. The van der Waals surface area contributed by atoms with Crippen LogP contribution >= 0.6 is 0 Å². The molecule has 0 heterocycles. The molecular weight excluding hydrogens is 360 g/mol. The van der Waals surface area contributed by atoms with E-state index in [-0.39, 0.29) is 0 Å². The average Bonchev–Trinajstić information content (AvgIpc) is 2.79. The largest absolute Gasteiger partial charge is 0.103 e. The zero-order chi connectivity index (χ0) is 21.0. The highest BCUT2D eigenvalue weighted by molar-refractivity contribution is 5.44. The van der Waals surface area contributed by atoms with Crippen LogP contribution in [0.3, 0.4) is 0 Å². The molecule has 2 aromatic rings. The van der Waals surface area contributed by atoms with Gasteiger partial charge < -0.3 is 0 Å². The Kier molecular flexibility index (Phi) is 9.12. The van der Waals surface area contributed by atoms with E-state index in [4.69, 9.17) is 0 Å². The van der Waals surface area contributed by atoms with E-state index in [1.165, 1.54) is 56.1 Å². The van der Waals surface area contributed by atoms with Crippen molar-refractivity contribution in [1.29, 1.82) is 0 Å². The van der Waals surface area contributed by atoms with Gasteiger partial charge >= 0.3 is 0 Å². The van der Waals surface area contributed by atoms with E-state index >= 15 is 0 Å². The van der Waals surface area contributed by atoms with Crippen LogP contribution in [0.5, 0.6) is 0 Å². The van der Waals surface area contributed by atoms with Crippen molar-refractivity contribution >= 4 is 0 Å². The Morgan fingerprint density at radius 3 is 1.97 bits per heavy atom. The van der Waals surface area contributed by atoms with Crippen molar-refractivity contribution in [2.24, 2.45) is 5.92 Å². The third-order valence-electron chi connectivity index (χ3n) is 6.24. The summed E-state index contributed by atoms with van der Waals surface area (Å²) in [6.45, 7) is 4.45. The number of rotatable bonds is 6. The first kappa shape index (κ1) is 22.2. The minimum atomic E-state index is 0.711. The van der Waals surface area contributed by atoms with Crippen molar-refractivity contribution in [2.75, 3.05) is 0 Å². The van der Waals surface area contributed by atoms with E-state index in [2.05, 4.69) is 86.1 Å². The van der Waals surface area contributed by atoms with E-state index < -0.39 is 0 Å². The van der Waals surface area contributed by atoms with Gasteiger partial charge in [0.15, 0.2) is 0 Å². The van der Waals surface area contributed by atoms with Crippen LogP contribution < -0.4 is 0 Å². The second-order valence-corrected chi connectivity index (χ2v) is 8.70. The zero-order valence-electron chi connectivity index (χ0n) is 18.8. The van der Waals surface area contributed by atoms with Crippen LogP contribution in [0.1, 0.15) is 99.8 Å². The van der Waals surface area contributed by atoms with E-state index in [0.717, 1.165) is 36.3 Å². The van der Waals surface area contributed by atoms with Crippen molar-refractivity contribution < 1.29 is 0 Å². The van der Waals surface area contributed by atoms with Gasteiger partial charge in [0.1, 0.15) is 0 Å². The van der Waals surface area contributed by atoms with Crippen molar-refractivity contribution in [2.45, 2.75) is 84.0 Å². The highest BCUT2D eigenvalue weighted by Gasteiger charge is 2.21. The zero-order valence-corrected chi connectivity index (χ0v) is 18.8. The molecule has 0 heteroatoms. The number of aryl methyl sites for hydroxylation is 1. The molecule has 156 valence electrons. The van der Waals surface area contributed by atoms with Crippen LogP contribution in [0.4, 0.5) is 0 Å². The standard InChI is InChI=1S/C30H36/c1-3-5-6-7-8-10-26-17-21-29(22-18-26)30-23-19-28(20-24-30)16-15-27-13-11-25(9-4-2)12-14-27/h11-14,19-20,23-24,26,29H,3-6,9-10,17-18,21-22H2,1-2H3. The fourth-order valence-corrected chi connectivity index (χ4v) is 4.30. The van der Waals surface area contributed by atoms with E-state index in [1.54, 1.807) is 0 Å². The Labute approximate surface area is 184 Å². The van der Waals surface area contributed by atoms with Crippen molar-refractivity contribution in [1.82, 2.24) is 0 Å². The van der Waals surface area contributed by atoms with Gasteiger partial charge in [0, 0.05) is 24.0 Å². The minimum Gasteiger partial charge on any atom is -0.103 e. The molecule has 0 spiro atoms. The molecule has 0 N–H and O–H groups in total. The average molecular weight is 397 g/mol. The third-order valence-corrected chi connectivity index (χ3v) is 6.24. The van der Waals surface area contributed by atoms with E-state index in [9.17, 15) is 0 Å². The second kappa shape index (κ2) is 12.3. The molecule has 1 fully saturated rings. The number of hydrogen-bond donors (Lipinski definition) is 0. The van der Waals surface area contributed by atoms with Crippen LogP contribution in [0.25, 0.3) is 0 Å². The maximum Gasteiger partial charge on any atom is 0.0249 e. The Bertz CT molecular complexity index is 870. The van der Waals surface area contributed by atoms with Crippen LogP contribution in [-0.2, 0) is 6.42 Å². The predicted octanol–water partition coefficient (Wildman–Crippen LogP) is 7.90. The summed E-state index contributed by atoms with van der Waals surface area (Å²) in [4.78, 5) is 0. The molecule has 1 saturated carbocycles. The van der Waals surface area contributed by atoms with Gasteiger partial charge in [0.25, 0.3) is 0 Å². The molecule has 1 aliphatic rings. The summed E-state index contributed by atoms with van der Waals surface area (Å²) in [5, 5.41) is 0. The molecule has 0 aromatic heterocycles. The molecule has 0 nitrogen and oxygen atoms in total. The van der Waals surface area contributed by atoms with Gasteiger partial charge in [-0.25, -0.2) is 0 Å². The lowest BCUT2D eigenvalue weighted by Crippen LogP contribution is -2.12. The van der Waals surface area contributed by atoms with Crippen molar-refractivity contribution in [3.05, 3.63) is 70.8 Å². The quantitative estimate of drug-likeness (QED) is 0.344. The summed E-state index contributed by atoms with van der Waals surface area (Å²) in [7, 11) is 0. The summed E-state index contributed by atoms with van der Waals surface area (Å²) in [6, 6.07) is 17.7. The predicted molar refractivity (Wildman–Crippen MR) is 129 cm³/mol. The second-order valence-electron chi connectivity index (χ2n) is 8.70. The summed E-state index contributed by atoms with van der Waals surface area (Å²) >= 11 is 0. The van der Waals surface area contributed by atoms with Gasteiger partial charge in [-0.1, -0.05) is 62.8 Å². The molecule has 0 amide bonds. The summed E-state index contributed by atoms with van der Waals surface area (Å²) in [5.41, 5.74) is 5.07. The monoisotopic (exact) mass is 396 g/mol. The number of unbranched alkanes of at least 4 members (excludes halogenated alkanes) is 2. The van der Waals surface area contributed by atoms with Crippen LogP contribution in [-0.4, -0.2) is 0 Å². The highest BCUT2D eigenvalue weighted by Crippen LogP contribution is 2.36. The molecule has 0 radical (unpaired) electrons. The fraction of sp³-hybridized carbons (Fsp3) is 0.467. The normalized spacial score (nSPS) is 18.1. The SMILES string of the molecule is CCCCC#CCC1CCC(c2ccc(C#Cc3ccc(CCC)cc3)cc2)CC1. The lowest BCUT2D eigenvalue weighted by Gasteiger charge is -2.27. The van der Waals surface area contributed by atoms with Gasteiger partial charge in [-0.3, -0.25) is 0 Å². The maximum absolute atomic E-state index is 3.42. The molecule has 0 bridgehead atoms. The minimum absolute atomic E-state index is 0.711. The molecule has 3 rings (SSSR count). The molecule has 0 unspecified atom stereocenters. The first-order chi connectivity index (χ1) is 14.8. The molecule has 0 saturated heterocycles. The smallest absolute Gasteiger partial charge is 0.0249 e. The van der Waals surface area contributed by atoms with Gasteiger partial charge in [-0.15, -0.1) is 11.8 Å². The topological polar surface area (TPSA) is 0 Å². The van der Waals surface area contributed by atoms with E-state index in [0.29, 0.717) is 5.92 Å². The van der Waals surface area contributed by atoms with Gasteiger partial charge in [-0.05, 0) is 85.8 Å². The number of hydrogen-bond acceptors (Lipinski definition) is 0. The van der Waals surface area contributed by atoms with Crippen LogP contribution in [0.2, 0.25) is 0 Å². The third kappa shape index (κ3) is 7.11. The Balaban J connectivity index is 1.49. The Morgan fingerprint density at radius 1 is 0.733 bits per heavy atom. The lowest BCUT2D eigenvalue weighted by atomic mass is 9.77. The van der Waals surface area contributed by atoms with Crippen LogP contribution in [0.15, 0.2) is 48.5 Å². The van der Waals surface area contributed by atoms with Crippen LogP contribution in [0, 0.1) is 29.6 Å². The summed E-state index contributed by atoms with van der Waals surface area (Å²) in [5.74, 6) is 14.9. The van der Waals surface area contributed by atoms with E-state index in [1.807, 2.05) is 0 Å². The van der Waals surface area contributed by atoms with Gasteiger partial charge in [0.05, 0.1) is 0 Å². The molecule has 0 atom stereocenters. The highest BCUT2D eigenvalue weighted by atomic mass is 14.3. The molecule has 1 aliphatic carbocycles.